The Labute approximate surface area is 113 Å². The highest BCUT2D eigenvalue weighted by atomic mass is 16.3. The number of hydrogen-bond acceptors (Lipinski definition) is 2. The van der Waals surface area contributed by atoms with E-state index in [0.717, 1.165) is 19.3 Å². The first-order valence-electron chi connectivity index (χ1n) is 7.87. The van der Waals surface area contributed by atoms with Crippen LogP contribution >= 0.6 is 0 Å². The number of nitrogens with two attached hydrogens (primary N) is 1. The topological polar surface area (TPSA) is 46.2 Å². The molecule has 0 bridgehead atoms. The molecular weight excluding hydrogens is 222 g/mol. The van der Waals surface area contributed by atoms with Gasteiger partial charge in [-0.25, -0.2) is 0 Å². The molecule has 0 aromatic carbocycles. The number of unbranched alkanes of at least 4 members (excludes halogenated alkanes) is 4. The summed E-state index contributed by atoms with van der Waals surface area (Å²) >= 11 is 0. The third-order valence-corrected chi connectivity index (χ3v) is 5.00. The second kappa shape index (κ2) is 6.91. The summed E-state index contributed by atoms with van der Waals surface area (Å²) in [4.78, 5) is 0. The maximum Gasteiger partial charge on any atom is 0.0659 e. The summed E-state index contributed by atoms with van der Waals surface area (Å²) in [6.07, 6.45) is 10.8. The van der Waals surface area contributed by atoms with Crippen molar-refractivity contribution in [2.24, 2.45) is 16.6 Å². The van der Waals surface area contributed by atoms with Gasteiger partial charge in [-0.15, -0.1) is 0 Å². The van der Waals surface area contributed by atoms with Crippen molar-refractivity contribution >= 4 is 0 Å². The average Bonchev–Trinajstić information content (AvgIpc) is 2.34. The highest BCUT2D eigenvalue weighted by Gasteiger charge is 2.47. The van der Waals surface area contributed by atoms with Crippen molar-refractivity contribution in [2.45, 2.75) is 84.7 Å². The maximum absolute atomic E-state index is 10.7. The average molecular weight is 255 g/mol. The van der Waals surface area contributed by atoms with Gasteiger partial charge >= 0.3 is 0 Å². The van der Waals surface area contributed by atoms with Gasteiger partial charge < -0.3 is 10.8 Å². The molecule has 0 aromatic heterocycles. The zero-order chi connectivity index (χ0) is 13.6. The molecule has 0 saturated heterocycles. The van der Waals surface area contributed by atoms with Crippen LogP contribution in [0.4, 0.5) is 0 Å². The number of hydrogen-bond donors (Lipinski definition) is 2. The Morgan fingerprint density at radius 2 is 1.78 bits per heavy atom. The number of aliphatic hydroxyl groups is 1. The van der Waals surface area contributed by atoms with Crippen molar-refractivity contribution in [1.82, 2.24) is 0 Å². The van der Waals surface area contributed by atoms with E-state index >= 15 is 0 Å². The Morgan fingerprint density at radius 3 is 2.39 bits per heavy atom. The van der Waals surface area contributed by atoms with E-state index in [0.29, 0.717) is 6.54 Å². The summed E-state index contributed by atoms with van der Waals surface area (Å²) in [7, 11) is 0. The highest BCUT2D eigenvalue weighted by Crippen LogP contribution is 2.48. The smallest absolute Gasteiger partial charge is 0.0659 e. The van der Waals surface area contributed by atoms with Crippen molar-refractivity contribution in [1.29, 1.82) is 0 Å². The third kappa shape index (κ3) is 3.71. The van der Waals surface area contributed by atoms with Crippen LogP contribution in [0.5, 0.6) is 0 Å². The first-order valence-corrected chi connectivity index (χ1v) is 7.87. The minimum absolute atomic E-state index is 0.00599. The lowest BCUT2D eigenvalue weighted by Gasteiger charge is -2.49. The molecule has 1 aliphatic carbocycles. The molecule has 2 heteroatoms. The number of aliphatic hydroxyl groups excluding tert-OH is 1. The van der Waals surface area contributed by atoms with Gasteiger partial charge in [0.2, 0.25) is 0 Å². The van der Waals surface area contributed by atoms with Gasteiger partial charge in [-0.2, -0.15) is 0 Å². The summed E-state index contributed by atoms with van der Waals surface area (Å²) in [6.45, 7) is 7.27. The van der Waals surface area contributed by atoms with Crippen molar-refractivity contribution in [2.75, 3.05) is 6.54 Å². The van der Waals surface area contributed by atoms with Crippen LogP contribution in [-0.2, 0) is 0 Å². The molecule has 1 fully saturated rings. The fraction of sp³-hybridized carbons (Fsp3) is 1.00. The van der Waals surface area contributed by atoms with Crippen LogP contribution in [0.3, 0.4) is 0 Å². The van der Waals surface area contributed by atoms with Crippen LogP contribution in [0.2, 0.25) is 0 Å². The molecule has 0 heterocycles. The summed E-state index contributed by atoms with van der Waals surface area (Å²) in [5.41, 5.74) is 6.07. The van der Waals surface area contributed by atoms with E-state index in [4.69, 9.17) is 5.73 Å². The van der Waals surface area contributed by atoms with Gasteiger partial charge in [0, 0.05) is 12.0 Å². The van der Waals surface area contributed by atoms with Gasteiger partial charge in [-0.3, -0.25) is 0 Å². The van der Waals surface area contributed by atoms with Crippen LogP contribution < -0.4 is 5.73 Å². The van der Waals surface area contributed by atoms with E-state index in [1.54, 1.807) is 0 Å². The van der Waals surface area contributed by atoms with Crippen LogP contribution in [0.1, 0.15) is 78.6 Å². The van der Waals surface area contributed by atoms with Crippen molar-refractivity contribution in [3.63, 3.8) is 0 Å². The lowest BCUT2D eigenvalue weighted by atomic mass is 9.59. The SMILES string of the molecule is CCCCCCCC1(CN)CCCC(C)(C)C1O. The first-order chi connectivity index (χ1) is 8.48. The molecule has 2 unspecified atom stereocenters. The fourth-order valence-corrected chi connectivity index (χ4v) is 3.66. The van der Waals surface area contributed by atoms with Gasteiger partial charge in [-0.05, 0) is 24.7 Å². The van der Waals surface area contributed by atoms with Crippen molar-refractivity contribution in [3.8, 4) is 0 Å². The van der Waals surface area contributed by atoms with Gasteiger partial charge in [0.25, 0.3) is 0 Å². The maximum atomic E-state index is 10.7. The molecule has 3 N–H and O–H groups in total. The minimum Gasteiger partial charge on any atom is -0.392 e. The van der Waals surface area contributed by atoms with E-state index in [-0.39, 0.29) is 16.9 Å². The molecule has 108 valence electrons. The van der Waals surface area contributed by atoms with Gasteiger partial charge in [-0.1, -0.05) is 59.3 Å². The largest absolute Gasteiger partial charge is 0.392 e. The lowest BCUT2D eigenvalue weighted by molar-refractivity contribution is -0.0933. The first kappa shape index (κ1) is 16.0. The predicted molar refractivity (Wildman–Crippen MR) is 78.5 cm³/mol. The summed E-state index contributed by atoms with van der Waals surface area (Å²) in [5, 5.41) is 10.7. The molecule has 1 saturated carbocycles. The lowest BCUT2D eigenvalue weighted by Crippen LogP contribution is -2.52. The fourth-order valence-electron chi connectivity index (χ4n) is 3.66. The van der Waals surface area contributed by atoms with Crippen LogP contribution in [0, 0.1) is 10.8 Å². The second-order valence-corrected chi connectivity index (χ2v) is 6.98. The Morgan fingerprint density at radius 1 is 1.11 bits per heavy atom. The Hall–Kier alpha value is -0.0800. The minimum atomic E-state index is -0.227. The molecule has 2 atom stereocenters. The van der Waals surface area contributed by atoms with Crippen molar-refractivity contribution < 1.29 is 5.11 Å². The molecule has 2 nitrogen and oxygen atoms in total. The quantitative estimate of drug-likeness (QED) is 0.678. The van der Waals surface area contributed by atoms with Crippen molar-refractivity contribution in [3.05, 3.63) is 0 Å². The molecule has 18 heavy (non-hydrogen) atoms. The summed E-state index contributed by atoms with van der Waals surface area (Å²) < 4.78 is 0. The molecule has 1 rings (SSSR count). The number of rotatable bonds is 7. The Bertz CT molecular complexity index is 239. The van der Waals surface area contributed by atoms with Gasteiger partial charge in [0.05, 0.1) is 6.10 Å². The predicted octanol–water partition coefficient (Wildman–Crippen LogP) is 3.86. The van der Waals surface area contributed by atoms with Gasteiger partial charge in [0.1, 0.15) is 0 Å². The molecule has 0 spiro atoms. The van der Waals surface area contributed by atoms with E-state index in [1.165, 1.54) is 38.5 Å². The van der Waals surface area contributed by atoms with Gasteiger partial charge in [0.15, 0.2) is 0 Å². The normalized spacial score (nSPS) is 31.5. The third-order valence-electron chi connectivity index (χ3n) is 5.00. The second-order valence-electron chi connectivity index (χ2n) is 6.98. The zero-order valence-corrected chi connectivity index (χ0v) is 12.7. The highest BCUT2D eigenvalue weighted by molar-refractivity contribution is 4.98. The van der Waals surface area contributed by atoms with E-state index in [1.807, 2.05) is 0 Å². The van der Waals surface area contributed by atoms with Crippen LogP contribution in [-0.4, -0.2) is 17.8 Å². The van der Waals surface area contributed by atoms with E-state index in [2.05, 4.69) is 20.8 Å². The molecule has 0 radical (unpaired) electrons. The zero-order valence-electron chi connectivity index (χ0n) is 12.7. The summed E-state index contributed by atoms with van der Waals surface area (Å²) in [6, 6.07) is 0. The Balaban J connectivity index is 2.50. The summed E-state index contributed by atoms with van der Waals surface area (Å²) in [5.74, 6) is 0. The molecule has 0 amide bonds. The molecule has 1 aliphatic rings. The Kier molecular flexibility index (Phi) is 6.13. The van der Waals surface area contributed by atoms with E-state index < -0.39 is 0 Å². The van der Waals surface area contributed by atoms with Crippen LogP contribution in [0.15, 0.2) is 0 Å². The monoisotopic (exact) mass is 255 g/mol. The molecule has 0 aliphatic heterocycles. The molecular formula is C16H33NO. The molecule has 0 aromatic rings. The van der Waals surface area contributed by atoms with E-state index in [9.17, 15) is 5.11 Å². The standard InChI is InChI=1S/C16H33NO/c1-4-5-6-7-8-11-16(13-17)12-9-10-15(2,3)14(16)18/h14,18H,4-13,17H2,1-3H3. The van der Waals surface area contributed by atoms with Crippen LogP contribution in [0.25, 0.3) is 0 Å².